The summed E-state index contributed by atoms with van der Waals surface area (Å²) >= 11 is 0. The maximum Gasteiger partial charge on any atom is 0.296 e. The zero-order valence-electron chi connectivity index (χ0n) is 8.38. The molecule has 0 aliphatic carbocycles. The van der Waals surface area contributed by atoms with Crippen LogP contribution >= 0.6 is 0 Å². The molecule has 0 bridgehead atoms. The summed E-state index contributed by atoms with van der Waals surface area (Å²) in [6.07, 6.45) is 2.00. The summed E-state index contributed by atoms with van der Waals surface area (Å²) in [7, 11) is 1.64. The Morgan fingerprint density at radius 2 is 2.00 bits per heavy atom. The van der Waals surface area contributed by atoms with Gasteiger partial charge in [0, 0.05) is 11.7 Å². The summed E-state index contributed by atoms with van der Waals surface area (Å²) in [5.41, 5.74) is 1.02. The molecule has 3 nitrogen and oxygen atoms in total. The van der Waals surface area contributed by atoms with E-state index in [1.165, 1.54) is 0 Å². The minimum absolute atomic E-state index is 0.0343. The first-order valence-electron chi connectivity index (χ1n) is 4.05. The quantitative estimate of drug-likeness (QED) is 0.641. The monoisotopic (exact) mass is 168 g/mol. The fourth-order valence-electron chi connectivity index (χ4n) is 1.10. The molecule has 0 atom stereocenters. The van der Waals surface area contributed by atoms with Crippen molar-refractivity contribution in [1.29, 1.82) is 0 Å². The molecule has 1 aromatic rings. The number of methoxy groups -OCH3 is 1. The standard InChI is InChI=1S/C9H16N2O/c1-7-6-11(9(2,3)4)8(10-7)12-5/h6H,1-5H3. The predicted molar refractivity (Wildman–Crippen MR) is 48.5 cm³/mol. The van der Waals surface area contributed by atoms with Gasteiger partial charge < -0.3 is 4.74 Å². The molecular formula is C9H16N2O. The summed E-state index contributed by atoms with van der Waals surface area (Å²) in [6.45, 7) is 8.33. The highest BCUT2D eigenvalue weighted by atomic mass is 16.5. The van der Waals surface area contributed by atoms with E-state index in [2.05, 4.69) is 25.8 Å². The van der Waals surface area contributed by atoms with Crippen LogP contribution in [0.2, 0.25) is 0 Å². The normalized spacial score (nSPS) is 11.8. The van der Waals surface area contributed by atoms with Crippen LogP contribution in [0.1, 0.15) is 26.5 Å². The van der Waals surface area contributed by atoms with Gasteiger partial charge in [-0.2, -0.15) is 0 Å². The molecular weight excluding hydrogens is 152 g/mol. The highest BCUT2D eigenvalue weighted by molar-refractivity contribution is 5.09. The van der Waals surface area contributed by atoms with Gasteiger partial charge in [-0.25, -0.2) is 4.98 Å². The highest BCUT2D eigenvalue weighted by Crippen LogP contribution is 2.21. The van der Waals surface area contributed by atoms with E-state index in [0.29, 0.717) is 6.01 Å². The molecule has 1 heterocycles. The lowest BCUT2D eigenvalue weighted by atomic mass is 10.1. The second kappa shape index (κ2) is 2.81. The Labute approximate surface area is 73.4 Å². The fourth-order valence-corrected chi connectivity index (χ4v) is 1.10. The lowest BCUT2D eigenvalue weighted by molar-refractivity contribution is 0.298. The summed E-state index contributed by atoms with van der Waals surface area (Å²) < 4.78 is 7.17. The predicted octanol–water partition coefficient (Wildman–Crippen LogP) is 1.96. The van der Waals surface area contributed by atoms with Crippen molar-refractivity contribution in [3.05, 3.63) is 11.9 Å². The molecule has 0 radical (unpaired) electrons. The number of ether oxygens (including phenoxy) is 1. The number of nitrogens with zero attached hydrogens (tertiary/aromatic N) is 2. The van der Waals surface area contributed by atoms with Gasteiger partial charge in [0.2, 0.25) is 0 Å². The first kappa shape index (κ1) is 9.10. The Balaban J connectivity index is 3.13. The molecule has 0 amide bonds. The van der Waals surface area contributed by atoms with Gasteiger partial charge >= 0.3 is 0 Å². The van der Waals surface area contributed by atoms with Crippen molar-refractivity contribution in [2.75, 3.05) is 7.11 Å². The first-order chi connectivity index (χ1) is 5.45. The SMILES string of the molecule is COc1nc(C)cn1C(C)(C)C. The van der Waals surface area contributed by atoms with Gasteiger partial charge in [0.25, 0.3) is 6.01 Å². The minimum Gasteiger partial charge on any atom is -0.468 e. The second-order valence-corrected chi connectivity index (χ2v) is 3.91. The number of hydrogen-bond acceptors (Lipinski definition) is 2. The number of aromatic nitrogens is 2. The van der Waals surface area contributed by atoms with Crippen LogP contribution in [0.15, 0.2) is 6.20 Å². The van der Waals surface area contributed by atoms with Crippen LogP contribution in [0.25, 0.3) is 0 Å². The Bertz CT molecular complexity index is 271. The van der Waals surface area contributed by atoms with Gasteiger partial charge in [-0.1, -0.05) is 0 Å². The van der Waals surface area contributed by atoms with Crippen molar-refractivity contribution in [2.24, 2.45) is 0 Å². The van der Waals surface area contributed by atoms with Gasteiger partial charge in [-0.15, -0.1) is 0 Å². The Morgan fingerprint density at radius 3 is 2.33 bits per heavy atom. The third-order valence-electron chi connectivity index (χ3n) is 1.70. The first-order valence-corrected chi connectivity index (χ1v) is 4.05. The maximum atomic E-state index is 5.14. The molecule has 1 rings (SSSR count). The molecule has 68 valence electrons. The number of aryl methyl sites for hydroxylation is 1. The van der Waals surface area contributed by atoms with E-state index >= 15 is 0 Å². The third kappa shape index (κ3) is 1.60. The van der Waals surface area contributed by atoms with E-state index in [9.17, 15) is 0 Å². The smallest absolute Gasteiger partial charge is 0.296 e. The van der Waals surface area contributed by atoms with E-state index < -0.39 is 0 Å². The van der Waals surface area contributed by atoms with Crippen LogP contribution in [-0.4, -0.2) is 16.7 Å². The molecule has 0 unspecified atom stereocenters. The van der Waals surface area contributed by atoms with Gasteiger partial charge in [-0.05, 0) is 27.7 Å². The molecule has 3 heteroatoms. The molecule has 0 aliphatic heterocycles. The zero-order valence-corrected chi connectivity index (χ0v) is 8.38. The highest BCUT2D eigenvalue weighted by Gasteiger charge is 2.18. The fraction of sp³-hybridized carbons (Fsp3) is 0.667. The van der Waals surface area contributed by atoms with E-state index in [1.807, 2.05) is 17.7 Å². The summed E-state index contributed by atoms with van der Waals surface area (Å²) in [5, 5.41) is 0. The van der Waals surface area contributed by atoms with E-state index in [1.54, 1.807) is 7.11 Å². The van der Waals surface area contributed by atoms with Crippen molar-refractivity contribution < 1.29 is 4.74 Å². The lowest BCUT2D eigenvalue weighted by Gasteiger charge is -2.21. The average molecular weight is 168 g/mol. The second-order valence-electron chi connectivity index (χ2n) is 3.91. The molecule has 0 fully saturated rings. The largest absolute Gasteiger partial charge is 0.468 e. The molecule has 1 aromatic heterocycles. The lowest BCUT2D eigenvalue weighted by Crippen LogP contribution is -2.21. The minimum atomic E-state index is 0.0343. The van der Waals surface area contributed by atoms with E-state index in [0.717, 1.165) is 5.69 Å². The number of rotatable bonds is 1. The molecule has 0 aliphatic rings. The Hall–Kier alpha value is -0.990. The van der Waals surface area contributed by atoms with Crippen molar-refractivity contribution in [1.82, 2.24) is 9.55 Å². The Kier molecular flexibility index (Phi) is 2.13. The van der Waals surface area contributed by atoms with Gasteiger partial charge in [0.05, 0.1) is 12.8 Å². The van der Waals surface area contributed by atoms with Crippen LogP contribution < -0.4 is 4.74 Å². The number of hydrogen-bond donors (Lipinski definition) is 0. The Morgan fingerprint density at radius 1 is 1.42 bits per heavy atom. The van der Waals surface area contributed by atoms with Crippen molar-refractivity contribution in [3.8, 4) is 6.01 Å². The molecule has 0 spiro atoms. The van der Waals surface area contributed by atoms with Gasteiger partial charge in [-0.3, -0.25) is 4.57 Å². The van der Waals surface area contributed by atoms with Gasteiger partial charge in [0.15, 0.2) is 0 Å². The third-order valence-corrected chi connectivity index (χ3v) is 1.70. The number of imidazole rings is 1. The summed E-state index contributed by atoms with van der Waals surface area (Å²) in [6, 6.07) is 0.681. The summed E-state index contributed by atoms with van der Waals surface area (Å²) in [5.74, 6) is 0. The van der Waals surface area contributed by atoms with Crippen LogP contribution in [-0.2, 0) is 5.54 Å². The molecule has 0 N–H and O–H groups in total. The van der Waals surface area contributed by atoms with Crippen LogP contribution in [0.5, 0.6) is 6.01 Å². The molecule has 0 saturated carbocycles. The maximum absolute atomic E-state index is 5.14. The van der Waals surface area contributed by atoms with E-state index in [-0.39, 0.29) is 5.54 Å². The van der Waals surface area contributed by atoms with Crippen molar-refractivity contribution in [3.63, 3.8) is 0 Å². The van der Waals surface area contributed by atoms with E-state index in [4.69, 9.17) is 4.74 Å². The average Bonchev–Trinajstić information content (AvgIpc) is 2.29. The van der Waals surface area contributed by atoms with Crippen LogP contribution in [0.4, 0.5) is 0 Å². The summed E-state index contributed by atoms with van der Waals surface area (Å²) in [4.78, 5) is 4.24. The molecule has 0 saturated heterocycles. The molecule has 0 aromatic carbocycles. The topological polar surface area (TPSA) is 27.1 Å². The molecule has 12 heavy (non-hydrogen) atoms. The van der Waals surface area contributed by atoms with Crippen LogP contribution in [0.3, 0.4) is 0 Å². The van der Waals surface area contributed by atoms with Crippen molar-refractivity contribution >= 4 is 0 Å². The zero-order chi connectivity index (χ0) is 9.35. The van der Waals surface area contributed by atoms with Crippen LogP contribution in [0, 0.1) is 6.92 Å². The van der Waals surface area contributed by atoms with Crippen molar-refractivity contribution in [2.45, 2.75) is 33.2 Å². The van der Waals surface area contributed by atoms with Gasteiger partial charge in [0.1, 0.15) is 0 Å².